The van der Waals surface area contributed by atoms with Crippen LogP contribution in [0.25, 0.3) is 0 Å². The third kappa shape index (κ3) is 4.13. The first-order valence-electron chi connectivity index (χ1n) is 7.79. The molecular formula is C17H25ClN2O. The Bertz CT molecular complexity index is 502. The van der Waals surface area contributed by atoms with Crippen molar-refractivity contribution in [3.8, 4) is 0 Å². The fourth-order valence-corrected chi connectivity index (χ4v) is 3.33. The van der Waals surface area contributed by atoms with Crippen molar-refractivity contribution in [2.24, 2.45) is 11.8 Å². The maximum Gasteiger partial charge on any atom is 0.252 e. The van der Waals surface area contributed by atoms with Crippen molar-refractivity contribution < 1.29 is 4.79 Å². The molecule has 0 heterocycles. The maximum atomic E-state index is 11.8. The van der Waals surface area contributed by atoms with Crippen LogP contribution >= 0.6 is 11.6 Å². The summed E-state index contributed by atoms with van der Waals surface area (Å²) in [7, 11) is 1.62. The van der Waals surface area contributed by atoms with Gasteiger partial charge in [-0.05, 0) is 42.9 Å². The summed E-state index contributed by atoms with van der Waals surface area (Å²) in [4.78, 5) is 11.8. The Morgan fingerprint density at radius 1 is 1.33 bits per heavy atom. The summed E-state index contributed by atoms with van der Waals surface area (Å²) >= 11 is 6.09. The van der Waals surface area contributed by atoms with Crippen molar-refractivity contribution in [3.05, 3.63) is 28.8 Å². The highest BCUT2D eigenvalue weighted by atomic mass is 35.5. The molecule has 2 atom stereocenters. The van der Waals surface area contributed by atoms with E-state index in [9.17, 15) is 4.79 Å². The molecule has 2 unspecified atom stereocenters. The highest BCUT2D eigenvalue weighted by molar-refractivity contribution is 6.34. The molecule has 1 aromatic carbocycles. The van der Waals surface area contributed by atoms with Gasteiger partial charge in [0.1, 0.15) is 0 Å². The highest BCUT2D eigenvalue weighted by Gasteiger charge is 2.24. The molecule has 116 valence electrons. The van der Waals surface area contributed by atoms with Gasteiger partial charge in [0.2, 0.25) is 0 Å². The van der Waals surface area contributed by atoms with Gasteiger partial charge in [-0.2, -0.15) is 0 Å². The van der Waals surface area contributed by atoms with Crippen molar-refractivity contribution >= 4 is 23.2 Å². The lowest BCUT2D eigenvalue weighted by Crippen LogP contribution is -2.29. The molecular weight excluding hydrogens is 284 g/mol. The number of hydrogen-bond donors (Lipinski definition) is 2. The van der Waals surface area contributed by atoms with Crippen molar-refractivity contribution in [1.82, 2.24) is 5.32 Å². The number of benzene rings is 1. The number of rotatable bonds is 4. The van der Waals surface area contributed by atoms with Crippen LogP contribution < -0.4 is 10.6 Å². The molecule has 0 bridgehead atoms. The van der Waals surface area contributed by atoms with Gasteiger partial charge in [0.25, 0.3) is 5.91 Å². The molecule has 1 amide bonds. The van der Waals surface area contributed by atoms with Crippen molar-refractivity contribution in [1.29, 1.82) is 0 Å². The fraction of sp³-hybridized carbons (Fsp3) is 0.588. The van der Waals surface area contributed by atoms with E-state index in [1.54, 1.807) is 13.1 Å². The van der Waals surface area contributed by atoms with E-state index in [1.807, 2.05) is 12.1 Å². The summed E-state index contributed by atoms with van der Waals surface area (Å²) in [6, 6.07) is 6.08. The van der Waals surface area contributed by atoms with E-state index in [4.69, 9.17) is 11.6 Å². The normalized spacial score (nSPS) is 22.1. The monoisotopic (exact) mass is 308 g/mol. The van der Waals surface area contributed by atoms with Gasteiger partial charge >= 0.3 is 0 Å². The van der Waals surface area contributed by atoms with E-state index < -0.39 is 0 Å². The van der Waals surface area contributed by atoms with Gasteiger partial charge < -0.3 is 10.6 Å². The van der Waals surface area contributed by atoms with E-state index in [0.29, 0.717) is 16.6 Å². The van der Waals surface area contributed by atoms with Crippen LogP contribution in [0.2, 0.25) is 5.02 Å². The van der Waals surface area contributed by atoms with Crippen LogP contribution in [0.15, 0.2) is 18.2 Å². The third-order valence-corrected chi connectivity index (χ3v) is 4.80. The van der Waals surface area contributed by atoms with Crippen molar-refractivity contribution in [2.45, 2.75) is 45.6 Å². The number of carbonyl (C=O) groups excluding carboxylic acids is 1. The van der Waals surface area contributed by atoms with Crippen LogP contribution in [0.1, 0.15) is 49.9 Å². The zero-order chi connectivity index (χ0) is 15.4. The number of carbonyl (C=O) groups is 1. The Labute approximate surface area is 132 Å². The van der Waals surface area contributed by atoms with Gasteiger partial charge in [0.05, 0.1) is 10.6 Å². The molecule has 2 rings (SSSR count). The lowest BCUT2D eigenvalue weighted by molar-refractivity contribution is 0.0963. The average Bonchev–Trinajstić information content (AvgIpc) is 2.48. The van der Waals surface area contributed by atoms with Gasteiger partial charge in [-0.3, -0.25) is 4.79 Å². The van der Waals surface area contributed by atoms with Crippen molar-refractivity contribution in [3.63, 3.8) is 0 Å². The predicted octanol–water partition coefficient (Wildman–Crippen LogP) is 4.33. The molecule has 0 spiro atoms. The Morgan fingerprint density at radius 2 is 2.10 bits per heavy atom. The molecule has 0 saturated heterocycles. The number of halogens is 1. The summed E-state index contributed by atoms with van der Waals surface area (Å²) in [6.07, 6.45) is 5.01. The van der Waals surface area contributed by atoms with E-state index in [1.165, 1.54) is 25.7 Å². The molecule has 2 N–H and O–H groups in total. The molecule has 1 aromatic rings. The van der Waals surface area contributed by atoms with E-state index in [2.05, 4.69) is 24.5 Å². The van der Waals surface area contributed by atoms with Crippen molar-refractivity contribution in [2.75, 3.05) is 12.4 Å². The quantitative estimate of drug-likeness (QED) is 0.869. The Balaban J connectivity index is 2.07. The smallest absolute Gasteiger partial charge is 0.252 e. The standard InChI is InChI=1S/C17H25ClN2O/c1-11(2)12-5-4-6-13(9-12)20-14-7-8-16(18)15(10-14)17(21)19-3/h7-8,10-13,20H,4-6,9H2,1-3H3,(H,19,21). The van der Waals surface area contributed by atoms with Crippen LogP contribution in [0.3, 0.4) is 0 Å². The first-order chi connectivity index (χ1) is 10.0. The molecule has 1 saturated carbocycles. The van der Waals surface area contributed by atoms with Crippen LogP contribution in [0.4, 0.5) is 5.69 Å². The summed E-state index contributed by atoms with van der Waals surface area (Å²) < 4.78 is 0. The lowest BCUT2D eigenvalue weighted by atomic mass is 9.79. The predicted molar refractivity (Wildman–Crippen MR) is 89.0 cm³/mol. The highest BCUT2D eigenvalue weighted by Crippen LogP contribution is 2.32. The number of amides is 1. The second-order valence-corrected chi connectivity index (χ2v) is 6.69. The van der Waals surface area contributed by atoms with Gasteiger partial charge in [-0.1, -0.05) is 38.3 Å². The molecule has 1 fully saturated rings. The molecule has 0 aliphatic heterocycles. The van der Waals surface area contributed by atoms with Crippen LogP contribution in [-0.2, 0) is 0 Å². The first-order valence-corrected chi connectivity index (χ1v) is 8.17. The van der Waals surface area contributed by atoms with E-state index in [-0.39, 0.29) is 5.91 Å². The molecule has 3 nitrogen and oxygen atoms in total. The lowest BCUT2D eigenvalue weighted by Gasteiger charge is -2.32. The minimum absolute atomic E-state index is 0.146. The summed E-state index contributed by atoms with van der Waals surface area (Å²) in [5.74, 6) is 1.38. The zero-order valence-corrected chi connectivity index (χ0v) is 13.8. The van der Waals surface area contributed by atoms with Crippen LogP contribution in [0, 0.1) is 11.8 Å². The topological polar surface area (TPSA) is 41.1 Å². The van der Waals surface area contributed by atoms with E-state index in [0.717, 1.165) is 17.5 Å². The Morgan fingerprint density at radius 3 is 2.76 bits per heavy atom. The first kappa shape index (κ1) is 16.2. The molecule has 4 heteroatoms. The summed E-state index contributed by atoms with van der Waals surface area (Å²) in [5.41, 5.74) is 1.51. The van der Waals surface area contributed by atoms with Crippen LogP contribution in [0.5, 0.6) is 0 Å². The van der Waals surface area contributed by atoms with E-state index >= 15 is 0 Å². The third-order valence-electron chi connectivity index (χ3n) is 4.47. The van der Waals surface area contributed by atoms with Gasteiger partial charge in [0.15, 0.2) is 0 Å². The Hall–Kier alpha value is -1.22. The average molecular weight is 309 g/mol. The zero-order valence-electron chi connectivity index (χ0n) is 13.1. The summed E-state index contributed by atoms with van der Waals surface area (Å²) in [5, 5.41) is 6.69. The van der Waals surface area contributed by atoms with Gasteiger partial charge in [-0.25, -0.2) is 0 Å². The summed E-state index contributed by atoms with van der Waals surface area (Å²) in [6.45, 7) is 4.61. The minimum atomic E-state index is -0.146. The largest absolute Gasteiger partial charge is 0.382 e. The maximum absolute atomic E-state index is 11.8. The molecule has 1 aliphatic carbocycles. The fourth-order valence-electron chi connectivity index (χ4n) is 3.12. The molecule has 21 heavy (non-hydrogen) atoms. The SMILES string of the molecule is CNC(=O)c1cc(NC2CCCC(C(C)C)C2)ccc1Cl. The Kier molecular flexibility index (Phi) is 5.51. The molecule has 1 aliphatic rings. The second-order valence-electron chi connectivity index (χ2n) is 6.29. The van der Waals surface area contributed by atoms with Gasteiger partial charge in [0, 0.05) is 18.8 Å². The second kappa shape index (κ2) is 7.17. The number of anilines is 1. The van der Waals surface area contributed by atoms with Crippen LogP contribution in [-0.4, -0.2) is 19.0 Å². The minimum Gasteiger partial charge on any atom is -0.382 e. The molecule has 0 aromatic heterocycles. The number of hydrogen-bond acceptors (Lipinski definition) is 2. The van der Waals surface area contributed by atoms with Gasteiger partial charge in [-0.15, -0.1) is 0 Å². The molecule has 0 radical (unpaired) electrons. The number of nitrogens with one attached hydrogen (secondary N) is 2.